The van der Waals surface area contributed by atoms with E-state index in [0.29, 0.717) is 11.3 Å². The first kappa shape index (κ1) is 19.4. The third kappa shape index (κ3) is 4.08. The molecule has 5 nitrogen and oxygen atoms in total. The Kier molecular flexibility index (Phi) is 5.21. The van der Waals surface area contributed by atoms with Gasteiger partial charge in [-0.3, -0.25) is 0 Å². The molecule has 1 aromatic heterocycles. The molecular weight excluding hydrogens is 459 g/mol. The lowest BCUT2D eigenvalue weighted by Crippen LogP contribution is -2.05. The molecule has 1 N–H and O–H groups in total. The Morgan fingerprint density at radius 2 is 1.55 bits per heavy atom. The summed E-state index contributed by atoms with van der Waals surface area (Å²) in [5.41, 5.74) is 1.26. The van der Waals surface area contributed by atoms with Gasteiger partial charge in [0.2, 0.25) is 26.6 Å². The van der Waals surface area contributed by atoms with Crippen LogP contribution < -0.4 is 5.32 Å². The zero-order chi connectivity index (χ0) is 20.4. The van der Waals surface area contributed by atoms with Crippen LogP contribution in [0.2, 0.25) is 0 Å². The maximum Gasteiger partial charge on any atom is 0.238 e. The Bertz CT molecular complexity index is 1240. The minimum absolute atomic E-state index is 0.0153. The Balaban J connectivity index is 1.84. The number of hydrogen-bond acceptors (Lipinski definition) is 5. The summed E-state index contributed by atoms with van der Waals surface area (Å²) < 4.78 is 46.2. The summed E-state index contributed by atoms with van der Waals surface area (Å²) in [6, 6.07) is 20.7. The van der Waals surface area contributed by atoms with Gasteiger partial charge in [-0.1, -0.05) is 34.1 Å². The Hall–Kier alpha value is -2.97. The van der Waals surface area contributed by atoms with E-state index in [1.54, 1.807) is 36.4 Å². The van der Waals surface area contributed by atoms with Gasteiger partial charge in [0, 0.05) is 15.7 Å². The number of halogens is 2. The molecule has 0 saturated heterocycles. The smallest absolute Gasteiger partial charge is 0.238 e. The third-order valence-corrected chi connectivity index (χ3v) is 6.30. The third-order valence-electron chi connectivity index (χ3n) is 4.10. The van der Waals surface area contributed by atoms with Gasteiger partial charge in [0.1, 0.15) is 5.82 Å². The van der Waals surface area contributed by atoms with Crippen LogP contribution in [0.25, 0.3) is 11.5 Å². The number of oxazole rings is 1. The molecule has 8 heteroatoms. The normalized spacial score (nSPS) is 11.4. The van der Waals surface area contributed by atoms with E-state index < -0.39 is 15.7 Å². The molecule has 0 amide bonds. The maximum absolute atomic E-state index is 13.3. The fraction of sp³-hybridized carbons (Fsp3) is 0. The number of hydrogen-bond donors (Lipinski definition) is 1. The first-order chi connectivity index (χ1) is 13.9. The van der Waals surface area contributed by atoms with Crippen molar-refractivity contribution in [3.63, 3.8) is 0 Å². The molecule has 3 aromatic carbocycles. The number of benzene rings is 3. The van der Waals surface area contributed by atoms with E-state index in [9.17, 15) is 12.8 Å². The minimum Gasteiger partial charge on any atom is -0.419 e. The average molecular weight is 473 g/mol. The molecule has 4 rings (SSSR count). The molecule has 0 aliphatic carbocycles. The van der Waals surface area contributed by atoms with Gasteiger partial charge in [-0.2, -0.15) is 4.98 Å². The molecule has 0 aliphatic rings. The Labute approximate surface area is 175 Å². The summed E-state index contributed by atoms with van der Waals surface area (Å²) in [4.78, 5) is 4.17. The van der Waals surface area contributed by atoms with Gasteiger partial charge in [0.05, 0.1) is 4.90 Å². The van der Waals surface area contributed by atoms with Crippen molar-refractivity contribution in [1.82, 2.24) is 4.98 Å². The Morgan fingerprint density at radius 1 is 0.897 bits per heavy atom. The van der Waals surface area contributed by atoms with E-state index >= 15 is 0 Å². The fourth-order valence-electron chi connectivity index (χ4n) is 2.66. The molecule has 146 valence electrons. The molecule has 0 aliphatic heterocycles. The van der Waals surface area contributed by atoms with E-state index in [1.165, 1.54) is 12.1 Å². The number of aromatic nitrogens is 1. The van der Waals surface area contributed by atoms with E-state index in [-0.39, 0.29) is 21.7 Å². The summed E-state index contributed by atoms with van der Waals surface area (Å²) in [6.07, 6.45) is 0. The van der Waals surface area contributed by atoms with Gasteiger partial charge in [-0.15, -0.1) is 0 Å². The van der Waals surface area contributed by atoms with Gasteiger partial charge in [-0.25, -0.2) is 12.8 Å². The first-order valence-corrected chi connectivity index (χ1v) is 10.8. The lowest BCUT2D eigenvalue weighted by atomic mass is 10.2. The maximum atomic E-state index is 13.3. The van der Waals surface area contributed by atoms with Crippen molar-refractivity contribution in [2.75, 3.05) is 5.32 Å². The van der Waals surface area contributed by atoms with Crippen LogP contribution in [0.1, 0.15) is 0 Å². The van der Waals surface area contributed by atoms with E-state index in [0.717, 1.165) is 16.6 Å². The standard InChI is InChI=1S/C21H14BrFN2O3S/c22-15-8-6-14(7-9-15)19-25-21(20(28-19)24-17-4-2-1-3-5-17)29(26,27)18-12-10-16(23)11-13-18/h1-13,24H. The van der Waals surface area contributed by atoms with Crippen molar-refractivity contribution in [1.29, 1.82) is 0 Å². The SMILES string of the molecule is O=S(=O)(c1ccc(F)cc1)c1nc(-c2ccc(Br)cc2)oc1Nc1ccccc1. The summed E-state index contributed by atoms with van der Waals surface area (Å²) >= 11 is 3.36. The monoisotopic (exact) mass is 472 g/mol. The number of para-hydroxylation sites is 1. The molecular formula is C21H14BrFN2O3S. The summed E-state index contributed by atoms with van der Waals surface area (Å²) in [5.74, 6) is -0.391. The molecule has 0 radical (unpaired) electrons. The molecule has 0 atom stereocenters. The van der Waals surface area contributed by atoms with Gasteiger partial charge in [-0.05, 0) is 60.7 Å². The average Bonchev–Trinajstić information content (AvgIpc) is 3.14. The topological polar surface area (TPSA) is 72.2 Å². The number of nitrogens with one attached hydrogen (secondary N) is 1. The zero-order valence-corrected chi connectivity index (χ0v) is 17.2. The number of nitrogens with zero attached hydrogens (tertiary/aromatic N) is 1. The molecule has 0 unspecified atom stereocenters. The molecule has 0 spiro atoms. The van der Waals surface area contributed by atoms with Crippen LogP contribution in [0.5, 0.6) is 0 Å². The number of anilines is 2. The van der Waals surface area contributed by atoms with Crippen LogP contribution in [-0.2, 0) is 9.84 Å². The molecule has 0 bridgehead atoms. The molecule has 0 saturated carbocycles. The van der Waals surface area contributed by atoms with Crippen molar-refractivity contribution in [3.8, 4) is 11.5 Å². The highest BCUT2D eigenvalue weighted by Gasteiger charge is 2.28. The lowest BCUT2D eigenvalue weighted by Gasteiger charge is -2.06. The quantitative estimate of drug-likeness (QED) is 0.370. The van der Waals surface area contributed by atoms with Gasteiger partial charge >= 0.3 is 0 Å². The first-order valence-electron chi connectivity index (χ1n) is 8.53. The van der Waals surface area contributed by atoms with Gasteiger partial charge in [0.25, 0.3) is 0 Å². The predicted octanol–water partition coefficient (Wildman–Crippen LogP) is 5.82. The molecule has 4 aromatic rings. The van der Waals surface area contributed by atoms with Crippen molar-refractivity contribution in [2.24, 2.45) is 0 Å². The molecule has 29 heavy (non-hydrogen) atoms. The highest BCUT2D eigenvalue weighted by atomic mass is 79.9. The van der Waals surface area contributed by atoms with Crippen LogP contribution in [0.3, 0.4) is 0 Å². The lowest BCUT2D eigenvalue weighted by molar-refractivity contribution is 0.581. The number of rotatable bonds is 5. The molecule has 0 fully saturated rings. The van der Waals surface area contributed by atoms with Crippen LogP contribution >= 0.6 is 15.9 Å². The highest BCUT2D eigenvalue weighted by molar-refractivity contribution is 9.10. The van der Waals surface area contributed by atoms with Crippen LogP contribution in [-0.4, -0.2) is 13.4 Å². The highest BCUT2D eigenvalue weighted by Crippen LogP contribution is 2.34. The van der Waals surface area contributed by atoms with Crippen molar-refractivity contribution >= 4 is 37.3 Å². The van der Waals surface area contributed by atoms with Crippen molar-refractivity contribution in [3.05, 3.63) is 89.2 Å². The second-order valence-corrected chi connectivity index (χ2v) is 8.89. The Morgan fingerprint density at radius 3 is 2.21 bits per heavy atom. The van der Waals surface area contributed by atoms with Gasteiger partial charge in [0.15, 0.2) is 0 Å². The summed E-state index contributed by atoms with van der Waals surface area (Å²) in [5, 5.41) is 2.70. The molecule has 1 heterocycles. The second-order valence-electron chi connectivity index (χ2n) is 6.11. The number of sulfone groups is 1. The zero-order valence-electron chi connectivity index (χ0n) is 14.8. The van der Waals surface area contributed by atoms with E-state index in [4.69, 9.17) is 4.42 Å². The van der Waals surface area contributed by atoms with Gasteiger partial charge < -0.3 is 9.73 Å². The summed E-state index contributed by atoms with van der Waals surface area (Å²) in [7, 11) is -4.05. The van der Waals surface area contributed by atoms with Crippen LogP contribution in [0.15, 0.2) is 97.7 Å². The minimum atomic E-state index is -4.05. The second kappa shape index (κ2) is 7.81. The van der Waals surface area contributed by atoms with Crippen molar-refractivity contribution < 1.29 is 17.2 Å². The predicted molar refractivity (Wildman–Crippen MR) is 111 cm³/mol. The van der Waals surface area contributed by atoms with E-state index in [2.05, 4.69) is 26.2 Å². The largest absolute Gasteiger partial charge is 0.419 e. The van der Waals surface area contributed by atoms with Crippen molar-refractivity contribution in [2.45, 2.75) is 9.92 Å². The van der Waals surface area contributed by atoms with Crippen LogP contribution in [0, 0.1) is 5.82 Å². The summed E-state index contributed by atoms with van der Waals surface area (Å²) in [6.45, 7) is 0. The fourth-order valence-corrected chi connectivity index (χ4v) is 4.18. The van der Waals surface area contributed by atoms with E-state index in [1.807, 2.05) is 18.2 Å². The van der Waals surface area contributed by atoms with Crippen LogP contribution in [0.4, 0.5) is 16.0 Å².